The van der Waals surface area contributed by atoms with Crippen LogP contribution < -0.4 is 10.1 Å². The van der Waals surface area contributed by atoms with Crippen molar-refractivity contribution in [1.29, 1.82) is 0 Å². The van der Waals surface area contributed by atoms with Crippen LogP contribution in [0.25, 0.3) is 0 Å². The van der Waals surface area contributed by atoms with E-state index in [1.807, 2.05) is 19.1 Å². The van der Waals surface area contributed by atoms with Crippen LogP contribution >= 0.6 is 12.2 Å². The molecule has 5 nitrogen and oxygen atoms in total. The number of fused-ring (bicyclic) bond motifs is 2. The van der Waals surface area contributed by atoms with Crippen LogP contribution in [0.3, 0.4) is 0 Å². The molecule has 0 bridgehead atoms. The van der Waals surface area contributed by atoms with E-state index in [0.29, 0.717) is 22.8 Å². The maximum atomic E-state index is 13.0. The van der Waals surface area contributed by atoms with Crippen LogP contribution in [-0.2, 0) is 11.2 Å². The Morgan fingerprint density at radius 1 is 1.32 bits per heavy atom. The molecule has 1 aromatic carbocycles. The zero-order valence-electron chi connectivity index (χ0n) is 18.3. The monoisotopic (exact) mass is 458 g/mol. The molecule has 1 aliphatic heterocycles. The lowest BCUT2D eigenvalue weighted by Crippen LogP contribution is -2.41. The molecule has 3 rings (SSSR count). The minimum Gasteiger partial charge on any atom is -0.481 e. The van der Waals surface area contributed by atoms with Gasteiger partial charge in [0.2, 0.25) is 0 Å². The Balaban J connectivity index is 1.91. The molecule has 0 saturated carbocycles. The van der Waals surface area contributed by atoms with Crippen LogP contribution in [0.4, 0.5) is 23.7 Å². The SMILES string of the molecule is C[C@@H]1Oc2cc3c(cc2NC1=S)[C@@H](N(CCCC(F)(F)F)C(=O)OC(C)(C)C)CCC3. The third-order valence-electron chi connectivity index (χ3n) is 5.32. The Hall–Kier alpha value is -2.03. The van der Waals surface area contributed by atoms with Crippen molar-refractivity contribution >= 4 is 29.0 Å². The van der Waals surface area contributed by atoms with Gasteiger partial charge in [0, 0.05) is 13.0 Å². The van der Waals surface area contributed by atoms with E-state index < -0.39 is 24.3 Å². The number of thiocarbonyl (C=S) groups is 1. The van der Waals surface area contributed by atoms with Gasteiger partial charge >= 0.3 is 12.3 Å². The number of alkyl halides is 3. The van der Waals surface area contributed by atoms with E-state index in [4.69, 9.17) is 21.7 Å². The summed E-state index contributed by atoms with van der Waals surface area (Å²) in [4.78, 5) is 15.0. The lowest BCUT2D eigenvalue weighted by Gasteiger charge is -2.38. The number of amides is 1. The molecule has 1 N–H and O–H groups in total. The summed E-state index contributed by atoms with van der Waals surface area (Å²) in [6.07, 6.45) is -3.95. The van der Waals surface area contributed by atoms with E-state index >= 15 is 0 Å². The van der Waals surface area contributed by atoms with Crippen LogP contribution in [0.15, 0.2) is 12.1 Å². The number of hydrogen-bond donors (Lipinski definition) is 1. The molecule has 0 radical (unpaired) electrons. The first-order chi connectivity index (χ1) is 14.3. The number of carbonyl (C=O) groups is 1. The molecule has 0 unspecified atom stereocenters. The topological polar surface area (TPSA) is 50.8 Å². The van der Waals surface area contributed by atoms with Gasteiger partial charge in [-0.1, -0.05) is 12.2 Å². The molecular weight excluding hydrogens is 429 g/mol. The van der Waals surface area contributed by atoms with Crippen molar-refractivity contribution in [3.8, 4) is 5.75 Å². The average molecular weight is 459 g/mol. The number of carbonyl (C=O) groups excluding carboxylic acids is 1. The van der Waals surface area contributed by atoms with Crippen molar-refractivity contribution in [2.75, 3.05) is 11.9 Å². The van der Waals surface area contributed by atoms with Crippen LogP contribution in [0.5, 0.6) is 5.75 Å². The van der Waals surface area contributed by atoms with E-state index in [2.05, 4.69) is 5.32 Å². The Morgan fingerprint density at radius 2 is 2.03 bits per heavy atom. The summed E-state index contributed by atoms with van der Waals surface area (Å²) in [6, 6.07) is 3.49. The third-order valence-corrected chi connectivity index (χ3v) is 5.75. The van der Waals surface area contributed by atoms with Crippen molar-refractivity contribution in [2.45, 2.75) is 83.7 Å². The van der Waals surface area contributed by atoms with Crippen LogP contribution in [0, 0.1) is 0 Å². The molecule has 0 aromatic heterocycles. The second kappa shape index (κ2) is 8.84. The van der Waals surface area contributed by atoms with Crippen molar-refractivity contribution in [1.82, 2.24) is 4.90 Å². The number of nitrogens with zero attached hydrogens (tertiary/aromatic N) is 1. The Kier molecular flexibility index (Phi) is 6.74. The number of halogens is 3. The van der Waals surface area contributed by atoms with Gasteiger partial charge in [-0.25, -0.2) is 4.79 Å². The fraction of sp³-hybridized carbons (Fsp3) is 0.636. The predicted octanol–water partition coefficient (Wildman–Crippen LogP) is 6.16. The highest BCUT2D eigenvalue weighted by Crippen LogP contribution is 2.42. The number of ether oxygens (including phenoxy) is 2. The molecule has 1 heterocycles. The summed E-state index contributed by atoms with van der Waals surface area (Å²) in [6.45, 7) is 7.06. The molecule has 0 saturated heterocycles. The van der Waals surface area contributed by atoms with Gasteiger partial charge in [-0.05, 0) is 76.6 Å². The van der Waals surface area contributed by atoms with Crippen molar-refractivity contribution < 1.29 is 27.4 Å². The van der Waals surface area contributed by atoms with Crippen molar-refractivity contribution in [3.63, 3.8) is 0 Å². The standard InChI is InChI=1S/C22H29F3N2O3S/c1-13-19(31)26-16-12-15-14(11-18(16)29-13)7-5-8-17(15)27(10-6-9-22(23,24)25)20(28)30-21(2,3)4/h11-13,17H,5-10H2,1-4H3,(H,26,31)/t13-,17-/m0/s1. The van der Waals surface area contributed by atoms with Crippen LogP contribution in [0.1, 0.15) is 70.5 Å². The summed E-state index contributed by atoms with van der Waals surface area (Å²) in [5, 5.41) is 3.17. The summed E-state index contributed by atoms with van der Waals surface area (Å²) in [7, 11) is 0. The normalized spacial score (nSPS) is 20.8. The maximum Gasteiger partial charge on any atom is 0.410 e. The highest BCUT2D eigenvalue weighted by Gasteiger charge is 2.35. The summed E-state index contributed by atoms with van der Waals surface area (Å²) in [5.41, 5.74) is 1.90. The zero-order valence-corrected chi connectivity index (χ0v) is 19.1. The van der Waals surface area contributed by atoms with Gasteiger partial charge in [0.05, 0.1) is 11.7 Å². The molecule has 31 heavy (non-hydrogen) atoms. The minimum absolute atomic E-state index is 0.0327. The number of rotatable bonds is 4. The van der Waals surface area contributed by atoms with Gasteiger partial charge in [0.25, 0.3) is 0 Å². The van der Waals surface area contributed by atoms with E-state index in [9.17, 15) is 18.0 Å². The number of aryl methyl sites for hydroxylation is 1. The minimum atomic E-state index is -4.27. The molecule has 172 valence electrons. The molecular formula is C22H29F3N2O3S. The number of anilines is 1. The van der Waals surface area contributed by atoms with Gasteiger partial charge in [-0.3, -0.25) is 0 Å². The van der Waals surface area contributed by atoms with Gasteiger partial charge in [0.15, 0.2) is 0 Å². The summed E-state index contributed by atoms with van der Waals surface area (Å²) < 4.78 is 49.7. The second-order valence-corrected chi connectivity index (χ2v) is 9.54. The lowest BCUT2D eigenvalue weighted by atomic mass is 9.86. The van der Waals surface area contributed by atoms with Gasteiger partial charge in [-0.15, -0.1) is 0 Å². The molecule has 0 spiro atoms. The van der Waals surface area contributed by atoms with Crippen LogP contribution in [-0.4, -0.2) is 40.4 Å². The van der Waals surface area contributed by atoms with Crippen molar-refractivity contribution in [2.24, 2.45) is 0 Å². The molecule has 0 fully saturated rings. The summed E-state index contributed by atoms with van der Waals surface area (Å²) in [5.74, 6) is 0.696. The van der Waals surface area contributed by atoms with Gasteiger partial charge < -0.3 is 19.7 Å². The zero-order chi connectivity index (χ0) is 23.0. The lowest BCUT2D eigenvalue weighted by molar-refractivity contribution is -0.136. The Labute approximate surface area is 186 Å². The largest absolute Gasteiger partial charge is 0.481 e. The molecule has 1 amide bonds. The smallest absolute Gasteiger partial charge is 0.410 e. The molecule has 1 aromatic rings. The summed E-state index contributed by atoms with van der Waals surface area (Å²) >= 11 is 5.31. The van der Waals surface area contributed by atoms with Crippen LogP contribution in [0.2, 0.25) is 0 Å². The fourth-order valence-corrected chi connectivity index (χ4v) is 4.11. The van der Waals surface area contributed by atoms with E-state index in [1.54, 1.807) is 20.8 Å². The first-order valence-corrected chi connectivity index (χ1v) is 11.0. The number of benzene rings is 1. The maximum absolute atomic E-state index is 13.0. The number of nitrogens with one attached hydrogen (secondary N) is 1. The Bertz CT molecular complexity index is 852. The Morgan fingerprint density at radius 3 is 2.68 bits per heavy atom. The first kappa shape index (κ1) is 23.6. The van der Waals surface area contributed by atoms with Gasteiger partial charge in [0.1, 0.15) is 22.4 Å². The fourth-order valence-electron chi connectivity index (χ4n) is 3.95. The third kappa shape index (κ3) is 6.02. The quantitative estimate of drug-likeness (QED) is 0.548. The first-order valence-electron chi connectivity index (χ1n) is 10.5. The second-order valence-electron chi connectivity index (χ2n) is 9.10. The predicted molar refractivity (Wildman–Crippen MR) is 117 cm³/mol. The van der Waals surface area contributed by atoms with E-state index in [0.717, 1.165) is 24.0 Å². The number of hydrogen-bond acceptors (Lipinski definition) is 4. The van der Waals surface area contributed by atoms with E-state index in [-0.39, 0.29) is 25.1 Å². The average Bonchev–Trinajstić information content (AvgIpc) is 2.62. The molecule has 1 aliphatic carbocycles. The molecule has 2 atom stereocenters. The molecule has 2 aliphatic rings. The van der Waals surface area contributed by atoms with Crippen molar-refractivity contribution in [3.05, 3.63) is 23.3 Å². The molecule has 9 heteroatoms. The highest BCUT2D eigenvalue weighted by molar-refractivity contribution is 7.80. The van der Waals surface area contributed by atoms with Gasteiger partial charge in [-0.2, -0.15) is 13.2 Å². The highest BCUT2D eigenvalue weighted by atomic mass is 32.1. The van der Waals surface area contributed by atoms with E-state index in [1.165, 1.54) is 4.90 Å².